The fraction of sp³-hybridized carbons (Fsp3) is 0.143. The van der Waals surface area contributed by atoms with Crippen LogP contribution in [0.2, 0.25) is 0 Å². The molecule has 3 aromatic carbocycles. The maximum atomic E-state index is 15.2. The zero-order chi connectivity index (χ0) is 30.7. The number of alkyl halides is 9. The lowest BCUT2D eigenvalue weighted by atomic mass is 10.1. The van der Waals surface area contributed by atoms with Crippen molar-refractivity contribution in [3.05, 3.63) is 69.8 Å². The second-order valence-corrected chi connectivity index (χ2v) is 7.51. The van der Waals surface area contributed by atoms with Crippen LogP contribution in [-0.2, 0) is 18.5 Å². The summed E-state index contributed by atoms with van der Waals surface area (Å²) in [5.74, 6) is -24.2. The molecule has 0 bridgehead atoms. The number of ether oxygens (including phenoxy) is 2. The molecule has 0 spiro atoms. The SMILES string of the molecule is Nc1cc(Oc2cc(F)c(C(F)(F)F)c(Oc3cc(N)c(F)c(F)c3C(F)(F)F)c2F)c(C(F)(F)F)c(F)c1F. The lowest BCUT2D eigenvalue weighted by Gasteiger charge is -2.21. The summed E-state index contributed by atoms with van der Waals surface area (Å²) in [5.41, 5.74) is -1.21. The highest BCUT2D eigenvalue weighted by Crippen LogP contribution is 2.50. The number of nitrogens with two attached hydrogens (primary N) is 2. The third-order valence-electron chi connectivity index (χ3n) is 4.82. The molecule has 0 aliphatic rings. The molecule has 0 heterocycles. The number of anilines is 2. The first-order valence-corrected chi connectivity index (χ1v) is 9.71. The monoisotopic (exact) mass is 604 g/mol. The number of nitrogen functional groups attached to an aromatic ring is 2. The van der Waals surface area contributed by atoms with Crippen molar-refractivity contribution in [2.24, 2.45) is 0 Å². The molecule has 0 unspecified atom stereocenters. The van der Waals surface area contributed by atoms with Crippen molar-refractivity contribution in [1.29, 1.82) is 0 Å². The molecule has 3 aromatic rings. The van der Waals surface area contributed by atoms with Gasteiger partial charge >= 0.3 is 18.5 Å². The van der Waals surface area contributed by atoms with Crippen molar-refractivity contribution in [3.8, 4) is 23.0 Å². The molecule has 0 aromatic heterocycles. The molecule has 40 heavy (non-hydrogen) atoms. The number of halogens is 15. The second kappa shape index (κ2) is 9.77. The van der Waals surface area contributed by atoms with Gasteiger partial charge in [0.2, 0.25) is 5.82 Å². The Bertz CT molecular complexity index is 1490. The summed E-state index contributed by atoms with van der Waals surface area (Å²) in [6.07, 6.45) is -17.8. The first kappa shape index (κ1) is 30.4. The van der Waals surface area contributed by atoms with Crippen LogP contribution < -0.4 is 20.9 Å². The highest BCUT2D eigenvalue weighted by atomic mass is 19.4. The molecule has 0 fully saturated rings. The number of hydrogen-bond acceptors (Lipinski definition) is 4. The van der Waals surface area contributed by atoms with E-state index in [0.29, 0.717) is 0 Å². The highest BCUT2D eigenvalue weighted by Gasteiger charge is 2.45. The van der Waals surface area contributed by atoms with Crippen molar-refractivity contribution in [3.63, 3.8) is 0 Å². The fourth-order valence-electron chi connectivity index (χ4n) is 3.18. The van der Waals surface area contributed by atoms with E-state index in [1.807, 2.05) is 0 Å². The third-order valence-corrected chi connectivity index (χ3v) is 4.82. The van der Waals surface area contributed by atoms with E-state index in [0.717, 1.165) is 0 Å². The van der Waals surface area contributed by atoms with Crippen LogP contribution in [0.5, 0.6) is 23.0 Å². The molecule has 4 N–H and O–H groups in total. The van der Waals surface area contributed by atoms with Gasteiger partial charge in [0.25, 0.3) is 0 Å². The van der Waals surface area contributed by atoms with E-state index in [9.17, 15) is 61.5 Å². The Morgan fingerprint density at radius 2 is 0.825 bits per heavy atom. The van der Waals surface area contributed by atoms with Crippen LogP contribution >= 0.6 is 0 Å². The Kier molecular flexibility index (Phi) is 7.42. The van der Waals surface area contributed by atoms with Crippen molar-refractivity contribution in [2.75, 3.05) is 11.5 Å². The van der Waals surface area contributed by atoms with Gasteiger partial charge in [-0.2, -0.15) is 43.9 Å². The molecule has 218 valence electrons. The quantitative estimate of drug-likeness (QED) is 0.232. The summed E-state index contributed by atoms with van der Waals surface area (Å²) in [6, 6.07) is -0.925. The van der Waals surface area contributed by atoms with Gasteiger partial charge in [-0.15, -0.1) is 0 Å². The van der Waals surface area contributed by atoms with Crippen molar-refractivity contribution in [1.82, 2.24) is 0 Å². The molecule has 19 heteroatoms. The minimum Gasteiger partial charge on any atom is -0.453 e. The molecule has 0 radical (unpaired) electrons. The number of benzene rings is 3. The van der Waals surface area contributed by atoms with Crippen molar-refractivity contribution >= 4 is 11.4 Å². The summed E-state index contributed by atoms with van der Waals surface area (Å²) in [7, 11) is 0. The van der Waals surface area contributed by atoms with Crippen molar-refractivity contribution < 1.29 is 75.3 Å². The Labute approximate surface area is 210 Å². The van der Waals surface area contributed by atoms with Crippen LogP contribution in [0, 0.1) is 34.9 Å². The Morgan fingerprint density at radius 1 is 0.450 bits per heavy atom. The van der Waals surface area contributed by atoms with Gasteiger partial charge in [0, 0.05) is 18.2 Å². The first-order valence-electron chi connectivity index (χ1n) is 9.71. The van der Waals surface area contributed by atoms with E-state index in [4.69, 9.17) is 11.5 Å². The van der Waals surface area contributed by atoms with E-state index >= 15 is 4.39 Å². The second-order valence-electron chi connectivity index (χ2n) is 7.51. The molecule has 0 aliphatic heterocycles. The first-order chi connectivity index (χ1) is 18.1. The van der Waals surface area contributed by atoms with Gasteiger partial charge in [-0.1, -0.05) is 0 Å². The lowest BCUT2D eigenvalue weighted by Crippen LogP contribution is -2.16. The molecule has 3 rings (SSSR count). The highest BCUT2D eigenvalue weighted by molar-refractivity contribution is 5.57. The fourth-order valence-corrected chi connectivity index (χ4v) is 3.18. The zero-order valence-electron chi connectivity index (χ0n) is 18.4. The van der Waals surface area contributed by atoms with Crippen LogP contribution in [-0.4, -0.2) is 0 Å². The van der Waals surface area contributed by atoms with E-state index in [-0.39, 0.29) is 12.1 Å². The number of hydrogen-bond donors (Lipinski definition) is 2. The van der Waals surface area contributed by atoms with E-state index in [2.05, 4.69) is 9.47 Å². The maximum Gasteiger partial charge on any atom is 0.422 e. The van der Waals surface area contributed by atoms with Crippen LogP contribution in [0.1, 0.15) is 16.7 Å². The minimum absolute atomic E-state index is 0.116. The van der Waals surface area contributed by atoms with Crippen molar-refractivity contribution in [2.45, 2.75) is 18.5 Å². The Hall–Kier alpha value is -4.19. The van der Waals surface area contributed by atoms with Crippen LogP contribution in [0.15, 0.2) is 18.2 Å². The van der Waals surface area contributed by atoms with Gasteiger partial charge in [0.1, 0.15) is 34.0 Å². The molecule has 0 aliphatic carbocycles. The van der Waals surface area contributed by atoms with E-state index in [1.165, 1.54) is 0 Å². The van der Waals surface area contributed by atoms with Gasteiger partial charge in [-0.25, -0.2) is 22.0 Å². The summed E-state index contributed by atoms with van der Waals surface area (Å²) in [5, 5.41) is 0. The molecule has 0 amide bonds. The average Bonchev–Trinajstić information content (AvgIpc) is 2.76. The summed E-state index contributed by atoms with van der Waals surface area (Å²) >= 11 is 0. The normalized spacial score (nSPS) is 12.6. The zero-order valence-corrected chi connectivity index (χ0v) is 18.4. The van der Waals surface area contributed by atoms with Crippen LogP contribution in [0.4, 0.5) is 77.2 Å². The standard InChI is InChI=1S/C21H7F15N2O2/c22-4-1-9(39-7-2-5(37)13(23)16(26)11(7)20(31,32)33)15(25)18(10(4)19(28,29)30)40-8-3-6(38)14(24)17(27)12(8)21(34,35)36/h1-3H,37-38H2. The topological polar surface area (TPSA) is 70.5 Å². The molecule has 4 nitrogen and oxygen atoms in total. The summed E-state index contributed by atoms with van der Waals surface area (Å²) in [4.78, 5) is 0. The minimum atomic E-state index is -6.01. The van der Waals surface area contributed by atoms with Gasteiger partial charge < -0.3 is 20.9 Å². The summed E-state index contributed by atoms with van der Waals surface area (Å²) < 4.78 is 214. The molecule has 0 saturated carbocycles. The summed E-state index contributed by atoms with van der Waals surface area (Å²) in [6.45, 7) is 0. The number of rotatable bonds is 4. The molecule has 0 atom stereocenters. The lowest BCUT2D eigenvalue weighted by molar-refractivity contribution is -0.143. The predicted molar refractivity (Wildman–Crippen MR) is 103 cm³/mol. The van der Waals surface area contributed by atoms with Crippen LogP contribution in [0.3, 0.4) is 0 Å². The average molecular weight is 604 g/mol. The third kappa shape index (κ3) is 5.44. The van der Waals surface area contributed by atoms with Gasteiger partial charge in [-0.3, -0.25) is 0 Å². The Balaban J connectivity index is 2.34. The smallest absolute Gasteiger partial charge is 0.422 e. The van der Waals surface area contributed by atoms with Gasteiger partial charge in [0.05, 0.1) is 11.4 Å². The predicted octanol–water partition coefficient (Wildman–Crippen LogP) is 8.33. The van der Waals surface area contributed by atoms with E-state index in [1.54, 1.807) is 0 Å². The van der Waals surface area contributed by atoms with Gasteiger partial charge in [0.15, 0.2) is 34.8 Å². The van der Waals surface area contributed by atoms with E-state index < -0.39 is 111 Å². The molecular weight excluding hydrogens is 597 g/mol. The maximum absolute atomic E-state index is 15.2. The largest absolute Gasteiger partial charge is 0.453 e. The Morgan fingerprint density at radius 3 is 1.20 bits per heavy atom. The molecular formula is C21H7F15N2O2. The van der Waals surface area contributed by atoms with Crippen LogP contribution in [0.25, 0.3) is 0 Å². The van der Waals surface area contributed by atoms with Gasteiger partial charge in [-0.05, 0) is 0 Å². The molecule has 0 saturated heterocycles.